The number of carbonyl (C=O) groups excluding carboxylic acids is 1. The first-order valence-corrected chi connectivity index (χ1v) is 10.9. The maximum atomic E-state index is 13.5. The molecule has 0 aliphatic rings. The van der Waals surface area contributed by atoms with Crippen molar-refractivity contribution in [3.8, 4) is 23.1 Å². The third-order valence-corrected chi connectivity index (χ3v) is 5.28. The van der Waals surface area contributed by atoms with Crippen LogP contribution in [0.3, 0.4) is 0 Å². The van der Waals surface area contributed by atoms with Gasteiger partial charge in [-0.1, -0.05) is 18.2 Å². The van der Waals surface area contributed by atoms with Crippen molar-refractivity contribution in [2.45, 2.75) is 26.3 Å². The van der Waals surface area contributed by atoms with Crippen molar-refractivity contribution in [2.75, 3.05) is 7.11 Å². The van der Waals surface area contributed by atoms with Gasteiger partial charge in [0.15, 0.2) is 11.5 Å². The number of aryl methyl sites for hydroxylation is 1. The van der Waals surface area contributed by atoms with Crippen molar-refractivity contribution in [3.05, 3.63) is 95.7 Å². The number of rotatable bonds is 9. The van der Waals surface area contributed by atoms with Crippen LogP contribution in [0.4, 0.5) is 4.39 Å². The molecule has 2 heterocycles. The van der Waals surface area contributed by atoms with Crippen LogP contribution in [-0.4, -0.2) is 27.8 Å². The molecule has 0 aliphatic heterocycles. The van der Waals surface area contributed by atoms with Crippen molar-refractivity contribution in [1.29, 1.82) is 0 Å². The molecule has 0 aliphatic carbocycles. The number of hydrogen-bond acceptors (Lipinski definition) is 5. The molecule has 2 aromatic heterocycles. The summed E-state index contributed by atoms with van der Waals surface area (Å²) in [5.74, 6) is 1.07. The quantitative estimate of drug-likeness (QED) is 0.390. The normalized spacial score (nSPS) is 10.7. The predicted octanol–water partition coefficient (Wildman–Crippen LogP) is 4.76. The SMILES string of the molecule is COc1ccccc1Oc1c(CCC(=O)NCc2ccccn2)c(C)nn1-c1ccc(F)cc1. The molecular weight excluding hydrogens is 435 g/mol. The average Bonchev–Trinajstić information content (AvgIpc) is 3.17. The lowest BCUT2D eigenvalue weighted by molar-refractivity contribution is -0.121. The summed E-state index contributed by atoms with van der Waals surface area (Å²) < 4.78 is 26.8. The number of ether oxygens (including phenoxy) is 2. The van der Waals surface area contributed by atoms with Crippen LogP contribution in [-0.2, 0) is 17.8 Å². The Morgan fingerprint density at radius 3 is 2.47 bits per heavy atom. The number of methoxy groups -OCH3 is 1. The molecule has 174 valence electrons. The molecule has 0 unspecified atom stereocenters. The first kappa shape index (κ1) is 23.0. The van der Waals surface area contributed by atoms with Gasteiger partial charge in [0.25, 0.3) is 0 Å². The van der Waals surface area contributed by atoms with Gasteiger partial charge in [-0.15, -0.1) is 0 Å². The lowest BCUT2D eigenvalue weighted by atomic mass is 10.1. The minimum Gasteiger partial charge on any atom is -0.493 e. The zero-order valence-electron chi connectivity index (χ0n) is 19.0. The van der Waals surface area contributed by atoms with Crippen LogP contribution in [0.25, 0.3) is 5.69 Å². The Morgan fingerprint density at radius 2 is 1.76 bits per heavy atom. The van der Waals surface area contributed by atoms with E-state index >= 15 is 0 Å². The molecule has 0 radical (unpaired) electrons. The highest BCUT2D eigenvalue weighted by Crippen LogP contribution is 2.35. The Kier molecular flexibility index (Phi) is 7.17. The smallest absolute Gasteiger partial charge is 0.226 e. The number of aromatic nitrogens is 3. The standard InChI is InChI=1S/C26H25FN4O3/c1-18-22(14-15-25(32)29-17-20-7-5-6-16-28-20)26(34-24-9-4-3-8-23(24)33-2)31(30-18)21-12-10-19(27)11-13-21/h3-13,16H,14-15,17H2,1-2H3,(H,29,32). The van der Waals surface area contributed by atoms with Gasteiger partial charge in [-0.05, 0) is 61.9 Å². The number of nitrogens with one attached hydrogen (secondary N) is 1. The summed E-state index contributed by atoms with van der Waals surface area (Å²) in [5.41, 5.74) is 2.92. The van der Waals surface area contributed by atoms with Gasteiger partial charge in [0.1, 0.15) is 5.82 Å². The molecule has 4 rings (SSSR count). The molecule has 2 aromatic carbocycles. The Hall–Kier alpha value is -4.20. The zero-order valence-corrected chi connectivity index (χ0v) is 19.0. The summed E-state index contributed by atoms with van der Waals surface area (Å²) in [7, 11) is 1.57. The van der Waals surface area contributed by atoms with E-state index in [1.807, 2.05) is 37.3 Å². The third-order valence-electron chi connectivity index (χ3n) is 5.28. The fraction of sp³-hybridized carbons (Fsp3) is 0.192. The van der Waals surface area contributed by atoms with Gasteiger partial charge >= 0.3 is 0 Å². The van der Waals surface area contributed by atoms with E-state index in [1.165, 1.54) is 12.1 Å². The summed E-state index contributed by atoms with van der Waals surface area (Å²) in [6, 6.07) is 18.8. The molecule has 1 N–H and O–H groups in total. The molecule has 1 amide bonds. The summed E-state index contributed by atoms with van der Waals surface area (Å²) >= 11 is 0. The van der Waals surface area contributed by atoms with Crippen molar-refractivity contribution in [1.82, 2.24) is 20.1 Å². The number of hydrogen-bond donors (Lipinski definition) is 1. The number of benzene rings is 2. The second-order valence-electron chi connectivity index (χ2n) is 7.61. The van der Waals surface area contributed by atoms with Crippen molar-refractivity contribution in [2.24, 2.45) is 0 Å². The first-order valence-electron chi connectivity index (χ1n) is 10.9. The van der Waals surface area contributed by atoms with Gasteiger partial charge in [0, 0.05) is 18.2 Å². The van der Waals surface area contributed by atoms with Crippen LogP contribution in [0.5, 0.6) is 17.4 Å². The van der Waals surface area contributed by atoms with Crippen molar-refractivity contribution >= 4 is 5.91 Å². The van der Waals surface area contributed by atoms with Crippen LogP contribution >= 0.6 is 0 Å². The van der Waals surface area contributed by atoms with Crippen molar-refractivity contribution < 1.29 is 18.7 Å². The Bertz CT molecular complexity index is 1260. The lowest BCUT2D eigenvalue weighted by Gasteiger charge is -2.14. The first-order chi connectivity index (χ1) is 16.5. The van der Waals surface area contributed by atoms with E-state index in [0.29, 0.717) is 41.7 Å². The van der Waals surface area contributed by atoms with E-state index in [2.05, 4.69) is 15.4 Å². The number of amides is 1. The predicted molar refractivity (Wildman–Crippen MR) is 126 cm³/mol. The molecule has 4 aromatic rings. The monoisotopic (exact) mass is 460 g/mol. The number of nitrogens with zero attached hydrogens (tertiary/aromatic N) is 3. The minimum absolute atomic E-state index is 0.108. The fourth-order valence-electron chi connectivity index (χ4n) is 3.51. The number of para-hydroxylation sites is 2. The van der Waals surface area contributed by atoms with Crippen LogP contribution in [0.1, 0.15) is 23.4 Å². The maximum absolute atomic E-state index is 13.5. The van der Waals surface area contributed by atoms with Crippen LogP contribution in [0, 0.1) is 12.7 Å². The van der Waals surface area contributed by atoms with E-state index in [-0.39, 0.29) is 18.1 Å². The van der Waals surface area contributed by atoms with E-state index in [4.69, 9.17) is 9.47 Å². The average molecular weight is 461 g/mol. The molecule has 0 fully saturated rings. The van der Waals surface area contributed by atoms with Crippen LogP contribution < -0.4 is 14.8 Å². The minimum atomic E-state index is -0.343. The molecule has 0 saturated heterocycles. The summed E-state index contributed by atoms with van der Waals surface area (Å²) in [4.78, 5) is 16.7. The highest BCUT2D eigenvalue weighted by Gasteiger charge is 2.21. The Balaban J connectivity index is 1.59. The van der Waals surface area contributed by atoms with E-state index in [9.17, 15) is 9.18 Å². The summed E-state index contributed by atoms with van der Waals surface area (Å²) in [6.07, 6.45) is 2.34. The second-order valence-corrected chi connectivity index (χ2v) is 7.61. The molecule has 34 heavy (non-hydrogen) atoms. The lowest BCUT2D eigenvalue weighted by Crippen LogP contribution is -2.23. The number of halogens is 1. The molecule has 8 heteroatoms. The molecule has 0 atom stereocenters. The number of carbonyl (C=O) groups is 1. The Labute approximate surface area is 197 Å². The fourth-order valence-corrected chi connectivity index (χ4v) is 3.51. The highest BCUT2D eigenvalue weighted by molar-refractivity contribution is 5.76. The van der Waals surface area contributed by atoms with Crippen LogP contribution in [0.15, 0.2) is 72.9 Å². The maximum Gasteiger partial charge on any atom is 0.226 e. The topological polar surface area (TPSA) is 78.3 Å². The molecule has 0 saturated carbocycles. The van der Waals surface area contributed by atoms with Gasteiger partial charge in [0.2, 0.25) is 11.8 Å². The zero-order chi connectivity index (χ0) is 23.9. The largest absolute Gasteiger partial charge is 0.493 e. The van der Waals surface area contributed by atoms with Gasteiger partial charge < -0.3 is 14.8 Å². The third kappa shape index (κ3) is 5.40. The van der Waals surface area contributed by atoms with E-state index in [0.717, 1.165) is 11.3 Å². The van der Waals surface area contributed by atoms with Gasteiger partial charge in [-0.3, -0.25) is 9.78 Å². The van der Waals surface area contributed by atoms with Gasteiger partial charge in [-0.2, -0.15) is 5.10 Å². The van der Waals surface area contributed by atoms with Gasteiger partial charge in [-0.25, -0.2) is 9.07 Å². The molecular formula is C26H25FN4O3. The van der Waals surface area contributed by atoms with Crippen LogP contribution in [0.2, 0.25) is 0 Å². The summed E-state index contributed by atoms with van der Waals surface area (Å²) in [6.45, 7) is 2.22. The highest BCUT2D eigenvalue weighted by atomic mass is 19.1. The molecule has 0 spiro atoms. The molecule has 7 nitrogen and oxygen atoms in total. The second kappa shape index (κ2) is 10.6. The van der Waals surface area contributed by atoms with E-state index in [1.54, 1.807) is 42.3 Å². The summed E-state index contributed by atoms with van der Waals surface area (Å²) in [5, 5.41) is 7.51. The number of pyridine rings is 1. The Morgan fingerprint density at radius 1 is 1.03 bits per heavy atom. The molecule has 0 bridgehead atoms. The van der Waals surface area contributed by atoms with Gasteiger partial charge in [0.05, 0.1) is 30.7 Å². The van der Waals surface area contributed by atoms with Crippen molar-refractivity contribution in [3.63, 3.8) is 0 Å². The van der Waals surface area contributed by atoms with E-state index < -0.39 is 0 Å².